The predicted octanol–water partition coefficient (Wildman–Crippen LogP) is 1.30. The fraction of sp³-hybridized carbons (Fsp3) is 0.364. The second kappa shape index (κ2) is 4.06. The topological polar surface area (TPSA) is 29.1 Å². The summed E-state index contributed by atoms with van der Waals surface area (Å²) in [4.78, 5) is 11.5. The average molecular weight is 211 g/mol. The van der Waals surface area contributed by atoms with Crippen LogP contribution in [0, 0.1) is 17.6 Å². The fourth-order valence-electron chi connectivity index (χ4n) is 1.54. The van der Waals surface area contributed by atoms with Gasteiger partial charge in [-0.1, -0.05) is 6.07 Å². The van der Waals surface area contributed by atoms with Gasteiger partial charge in [-0.05, 0) is 12.1 Å². The van der Waals surface area contributed by atoms with Gasteiger partial charge in [0, 0.05) is 31.0 Å². The summed E-state index contributed by atoms with van der Waals surface area (Å²) in [5.74, 6) is -1.46. The lowest BCUT2D eigenvalue weighted by molar-refractivity contribution is -0.123. The molecule has 80 valence electrons. The van der Waals surface area contributed by atoms with E-state index in [1.54, 1.807) is 0 Å². The van der Waals surface area contributed by atoms with Gasteiger partial charge in [0.15, 0.2) is 0 Å². The van der Waals surface area contributed by atoms with Crippen LogP contribution in [0.5, 0.6) is 0 Å². The molecule has 0 unspecified atom stereocenters. The minimum Gasteiger partial charge on any atom is -0.315 e. The Morgan fingerprint density at radius 1 is 1.33 bits per heavy atom. The molecule has 1 aliphatic heterocycles. The molecule has 1 N–H and O–H groups in total. The first-order valence-corrected chi connectivity index (χ1v) is 4.85. The van der Waals surface area contributed by atoms with Crippen LogP contribution in [0.1, 0.15) is 5.56 Å². The van der Waals surface area contributed by atoms with E-state index in [-0.39, 0.29) is 23.7 Å². The summed E-state index contributed by atoms with van der Waals surface area (Å²) in [7, 11) is 0. The van der Waals surface area contributed by atoms with Crippen molar-refractivity contribution < 1.29 is 13.6 Å². The Kier molecular flexibility index (Phi) is 2.77. The highest BCUT2D eigenvalue weighted by Gasteiger charge is 2.26. The molecule has 1 fully saturated rings. The normalized spacial score (nSPS) is 16.1. The molecule has 1 heterocycles. The highest BCUT2D eigenvalue weighted by Crippen LogP contribution is 2.16. The van der Waals surface area contributed by atoms with Crippen molar-refractivity contribution in [3.8, 4) is 0 Å². The first kappa shape index (κ1) is 10.2. The lowest BCUT2D eigenvalue weighted by Gasteiger charge is -2.25. The first-order valence-electron chi connectivity index (χ1n) is 4.85. The van der Waals surface area contributed by atoms with Crippen LogP contribution in [-0.2, 0) is 11.2 Å². The van der Waals surface area contributed by atoms with Crippen molar-refractivity contribution in [1.82, 2.24) is 5.32 Å². The van der Waals surface area contributed by atoms with Crippen molar-refractivity contribution in [1.29, 1.82) is 0 Å². The highest BCUT2D eigenvalue weighted by molar-refractivity contribution is 5.84. The van der Waals surface area contributed by atoms with Gasteiger partial charge < -0.3 is 5.32 Å². The second-order valence-corrected chi connectivity index (χ2v) is 3.70. The largest absolute Gasteiger partial charge is 0.315 e. The molecule has 0 amide bonds. The zero-order valence-electron chi connectivity index (χ0n) is 8.09. The summed E-state index contributed by atoms with van der Waals surface area (Å²) >= 11 is 0. The summed E-state index contributed by atoms with van der Waals surface area (Å²) in [5.41, 5.74) is -0.116. The third-order valence-corrected chi connectivity index (χ3v) is 2.65. The smallest absolute Gasteiger partial charge is 0.143 e. The number of ketones is 1. The molecule has 1 saturated heterocycles. The highest BCUT2D eigenvalue weighted by atomic mass is 19.1. The quantitative estimate of drug-likeness (QED) is 0.816. The second-order valence-electron chi connectivity index (χ2n) is 3.70. The number of carbonyl (C=O) groups is 1. The molecule has 2 rings (SSSR count). The standard InChI is InChI=1S/C11H11F2NO/c12-9-2-1-3-10(13)8(9)4-11(15)7-5-14-6-7/h1-3,7,14H,4-6H2. The number of halogens is 2. The number of Topliss-reactive ketones (excluding diaryl/α,β-unsaturated/α-hetero) is 1. The Hall–Kier alpha value is -1.29. The van der Waals surface area contributed by atoms with E-state index in [9.17, 15) is 13.6 Å². The van der Waals surface area contributed by atoms with E-state index >= 15 is 0 Å². The number of carbonyl (C=O) groups excluding carboxylic acids is 1. The number of nitrogens with one attached hydrogen (secondary N) is 1. The maximum Gasteiger partial charge on any atom is 0.143 e. The van der Waals surface area contributed by atoms with Crippen LogP contribution in [0.15, 0.2) is 18.2 Å². The van der Waals surface area contributed by atoms with Gasteiger partial charge >= 0.3 is 0 Å². The molecule has 0 bridgehead atoms. The van der Waals surface area contributed by atoms with Crippen LogP contribution < -0.4 is 5.32 Å². The van der Waals surface area contributed by atoms with Gasteiger partial charge in [-0.2, -0.15) is 0 Å². The van der Waals surface area contributed by atoms with E-state index in [1.165, 1.54) is 18.2 Å². The maximum atomic E-state index is 13.2. The lowest BCUT2D eigenvalue weighted by Crippen LogP contribution is -2.47. The number of benzene rings is 1. The van der Waals surface area contributed by atoms with E-state index in [2.05, 4.69) is 5.32 Å². The minimum absolute atomic E-state index is 0.0796. The number of hydrogen-bond acceptors (Lipinski definition) is 2. The van der Waals surface area contributed by atoms with E-state index in [0.29, 0.717) is 13.1 Å². The SMILES string of the molecule is O=C(Cc1c(F)cccc1F)C1CNC1. The first-order chi connectivity index (χ1) is 7.18. The Bertz CT molecular complexity index is 368. The average Bonchev–Trinajstić information content (AvgIpc) is 2.08. The van der Waals surface area contributed by atoms with E-state index < -0.39 is 11.6 Å². The molecule has 0 spiro atoms. The van der Waals surface area contributed by atoms with Gasteiger partial charge in [-0.15, -0.1) is 0 Å². The lowest BCUT2D eigenvalue weighted by atomic mass is 9.93. The molecule has 0 aromatic heterocycles. The van der Waals surface area contributed by atoms with Crippen LogP contribution in [0.25, 0.3) is 0 Å². The molecular weight excluding hydrogens is 200 g/mol. The molecule has 0 saturated carbocycles. The Morgan fingerprint density at radius 2 is 1.93 bits per heavy atom. The van der Waals surface area contributed by atoms with Gasteiger partial charge in [0.05, 0.1) is 0 Å². The van der Waals surface area contributed by atoms with Crippen LogP contribution in [0.4, 0.5) is 8.78 Å². The fourth-order valence-corrected chi connectivity index (χ4v) is 1.54. The molecule has 2 nitrogen and oxygen atoms in total. The zero-order valence-corrected chi connectivity index (χ0v) is 8.09. The maximum absolute atomic E-state index is 13.2. The van der Waals surface area contributed by atoms with Crippen molar-refractivity contribution in [2.24, 2.45) is 5.92 Å². The molecule has 1 aromatic rings. The van der Waals surface area contributed by atoms with Crippen molar-refractivity contribution in [2.75, 3.05) is 13.1 Å². The van der Waals surface area contributed by atoms with Gasteiger partial charge in [-0.3, -0.25) is 4.79 Å². The van der Waals surface area contributed by atoms with Crippen LogP contribution in [0.3, 0.4) is 0 Å². The number of rotatable bonds is 3. The molecule has 0 atom stereocenters. The zero-order chi connectivity index (χ0) is 10.8. The third kappa shape index (κ3) is 2.04. The van der Waals surface area contributed by atoms with Crippen molar-refractivity contribution in [3.63, 3.8) is 0 Å². The van der Waals surface area contributed by atoms with E-state index in [1.807, 2.05) is 0 Å². The summed E-state index contributed by atoms with van der Waals surface area (Å²) in [6.45, 7) is 1.24. The van der Waals surface area contributed by atoms with E-state index in [4.69, 9.17) is 0 Å². The minimum atomic E-state index is -0.643. The van der Waals surface area contributed by atoms with Crippen LogP contribution >= 0.6 is 0 Å². The Balaban J connectivity index is 2.12. The number of hydrogen-bond donors (Lipinski definition) is 1. The van der Waals surface area contributed by atoms with E-state index in [0.717, 1.165) is 0 Å². The molecule has 4 heteroatoms. The van der Waals surface area contributed by atoms with Gasteiger partial charge in [0.1, 0.15) is 17.4 Å². The summed E-state index contributed by atoms with van der Waals surface area (Å²) in [5, 5.41) is 2.95. The third-order valence-electron chi connectivity index (χ3n) is 2.65. The Labute approximate surface area is 86.3 Å². The van der Waals surface area contributed by atoms with Crippen molar-refractivity contribution in [2.45, 2.75) is 6.42 Å². The van der Waals surface area contributed by atoms with Gasteiger partial charge in [-0.25, -0.2) is 8.78 Å². The van der Waals surface area contributed by atoms with Crippen molar-refractivity contribution in [3.05, 3.63) is 35.4 Å². The van der Waals surface area contributed by atoms with Crippen LogP contribution in [-0.4, -0.2) is 18.9 Å². The molecule has 0 radical (unpaired) electrons. The molecule has 15 heavy (non-hydrogen) atoms. The molecule has 0 aliphatic carbocycles. The molecule has 1 aliphatic rings. The Morgan fingerprint density at radius 3 is 2.40 bits per heavy atom. The predicted molar refractivity (Wildman–Crippen MR) is 51.4 cm³/mol. The summed E-state index contributed by atoms with van der Waals surface area (Å²) < 4.78 is 26.4. The van der Waals surface area contributed by atoms with Crippen molar-refractivity contribution >= 4 is 5.78 Å². The van der Waals surface area contributed by atoms with Gasteiger partial charge in [0.25, 0.3) is 0 Å². The summed E-state index contributed by atoms with van der Waals surface area (Å²) in [6, 6.07) is 3.64. The monoisotopic (exact) mass is 211 g/mol. The summed E-state index contributed by atoms with van der Waals surface area (Å²) in [6.07, 6.45) is -0.148. The van der Waals surface area contributed by atoms with Gasteiger partial charge in [0.2, 0.25) is 0 Å². The molecule has 1 aromatic carbocycles. The van der Waals surface area contributed by atoms with Crippen LogP contribution in [0.2, 0.25) is 0 Å². The molecular formula is C11H11F2NO.